The van der Waals surface area contributed by atoms with Crippen LogP contribution in [0.15, 0.2) is 0 Å². The molecule has 0 unspecified atom stereocenters. The zero-order chi connectivity index (χ0) is 19.0. The molecular weight excluding hydrogens is 332 g/mol. The molecule has 0 amide bonds. The minimum absolute atomic E-state index is 0.304. The predicted octanol–water partition coefficient (Wildman–Crippen LogP) is 4.40. The Labute approximate surface area is 159 Å². The lowest BCUT2D eigenvalue weighted by Gasteiger charge is -2.35. The Morgan fingerprint density at radius 3 is 2.08 bits per heavy atom. The van der Waals surface area contributed by atoms with Gasteiger partial charge in [0, 0.05) is 13.5 Å². The second-order valence-electron chi connectivity index (χ2n) is 7.47. The molecule has 26 heavy (non-hydrogen) atoms. The van der Waals surface area contributed by atoms with Gasteiger partial charge in [-0.25, -0.2) is 4.79 Å². The molecule has 0 aromatic rings. The van der Waals surface area contributed by atoms with Gasteiger partial charge in [-0.2, -0.15) is 0 Å². The summed E-state index contributed by atoms with van der Waals surface area (Å²) in [6, 6.07) is 0. The first-order valence-electron chi connectivity index (χ1n) is 10.7. The van der Waals surface area contributed by atoms with Crippen molar-refractivity contribution in [3.05, 3.63) is 0 Å². The van der Waals surface area contributed by atoms with Gasteiger partial charge in [-0.15, -0.1) is 0 Å². The first-order chi connectivity index (χ1) is 12.7. The molecule has 1 N–H and O–H groups in total. The number of ether oxygens (including phenoxy) is 3. The number of esters is 1. The largest absolute Gasteiger partial charge is 0.457 e. The predicted molar refractivity (Wildman–Crippen MR) is 103 cm³/mol. The molecule has 1 heterocycles. The average Bonchev–Trinajstić information content (AvgIpc) is 2.63. The highest BCUT2D eigenvalue weighted by atomic mass is 16.6. The van der Waals surface area contributed by atoms with Gasteiger partial charge in [-0.3, -0.25) is 0 Å². The maximum absolute atomic E-state index is 11.4. The number of cyclic esters (lactones) is 1. The van der Waals surface area contributed by atoms with Crippen LogP contribution in [0.25, 0.3) is 0 Å². The Kier molecular flexibility index (Phi) is 13.9. The molecule has 1 fully saturated rings. The number of aliphatic hydroxyl groups is 1. The molecule has 0 aliphatic carbocycles. The second kappa shape index (κ2) is 15.4. The number of carbonyl (C=O) groups is 1. The van der Waals surface area contributed by atoms with E-state index in [0.29, 0.717) is 19.6 Å². The van der Waals surface area contributed by atoms with Gasteiger partial charge < -0.3 is 19.3 Å². The van der Waals surface area contributed by atoms with Crippen LogP contribution in [0.3, 0.4) is 0 Å². The first-order valence-corrected chi connectivity index (χ1v) is 10.7. The Balaban J connectivity index is 1.92. The molecule has 0 saturated carbocycles. The van der Waals surface area contributed by atoms with E-state index in [1.54, 1.807) is 7.11 Å². The van der Waals surface area contributed by atoms with Gasteiger partial charge in [0.05, 0.1) is 19.3 Å². The Hall–Kier alpha value is -0.650. The SMILES string of the molecule is CCCCCCCCCCCCC[C@@H](O)C[C@@H]1OC(=O)[C@H]1OCCOC. The molecular formula is C21H40O5. The Bertz CT molecular complexity index is 347. The third-order valence-electron chi connectivity index (χ3n) is 5.07. The van der Waals surface area contributed by atoms with Crippen LogP contribution in [-0.2, 0) is 19.0 Å². The number of hydrogen-bond donors (Lipinski definition) is 1. The molecule has 1 aliphatic heterocycles. The summed E-state index contributed by atoms with van der Waals surface area (Å²) in [5.41, 5.74) is 0. The molecule has 5 nitrogen and oxygen atoms in total. The lowest BCUT2D eigenvalue weighted by molar-refractivity contribution is -0.211. The molecule has 1 saturated heterocycles. The minimum Gasteiger partial charge on any atom is -0.457 e. The van der Waals surface area contributed by atoms with E-state index < -0.39 is 12.2 Å². The highest BCUT2D eigenvalue weighted by Gasteiger charge is 2.44. The van der Waals surface area contributed by atoms with E-state index in [9.17, 15) is 9.90 Å². The van der Waals surface area contributed by atoms with E-state index in [2.05, 4.69) is 6.92 Å². The summed E-state index contributed by atoms with van der Waals surface area (Å²) < 4.78 is 15.4. The van der Waals surface area contributed by atoms with Gasteiger partial charge >= 0.3 is 5.97 Å². The average molecular weight is 373 g/mol. The van der Waals surface area contributed by atoms with Crippen LogP contribution in [0.4, 0.5) is 0 Å². The van der Waals surface area contributed by atoms with Gasteiger partial charge in [-0.1, -0.05) is 77.6 Å². The summed E-state index contributed by atoms with van der Waals surface area (Å²) in [7, 11) is 1.59. The second-order valence-corrected chi connectivity index (χ2v) is 7.47. The van der Waals surface area contributed by atoms with Crippen molar-refractivity contribution in [3.8, 4) is 0 Å². The number of hydrogen-bond acceptors (Lipinski definition) is 5. The summed E-state index contributed by atoms with van der Waals surface area (Å²) in [6.07, 6.45) is 14.3. The normalized spacial score (nSPS) is 20.7. The van der Waals surface area contributed by atoms with Crippen LogP contribution in [0, 0.1) is 0 Å². The third-order valence-corrected chi connectivity index (χ3v) is 5.07. The quantitative estimate of drug-likeness (QED) is 0.285. The fourth-order valence-electron chi connectivity index (χ4n) is 3.39. The van der Waals surface area contributed by atoms with Crippen molar-refractivity contribution in [2.75, 3.05) is 20.3 Å². The molecule has 154 valence electrons. The standard InChI is InChI=1S/C21H40O5/c1-3-4-5-6-7-8-9-10-11-12-13-14-18(22)17-19-20(21(23)26-19)25-16-15-24-2/h18-20,22H,3-17H2,1-2H3/t18-,19+,20+/m1/s1. The summed E-state index contributed by atoms with van der Waals surface area (Å²) in [4.78, 5) is 11.4. The van der Waals surface area contributed by atoms with Crippen LogP contribution in [-0.4, -0.2) is 49.7 Å². The maximum Gasteiger partial charge on any atom is 0.339 e. The smallest absolute Gasteiger partial charge is 0.339 e. The number of carbonyl (C=O) groups excluding carboxylic acids is 1. The van der Waals surface area contributed by atoms with Gasteiger partial charge in [-0.05, 0) is 6.42 Å². The zero-order valence-electron chi connectivity index (χ0n) is 16.9. The van der Waals surface area contributed by atoms with Gasteiger partial charge in [0.2, 0.25) is 0 Å². The molecule has 0 spiro atoms. The molecule has 0 radical (unpaired) electrons. The molecule has 5 heteroatoms. The molecule has 3 atom stereocenters. The van der Waals surface area contributed by atoms with Crippen molar-refractivity contribution in [1.82, 2.24) is 0 Å². The fraction of sp³-hybridized carbons (Fsp3) is 0.952. The highest BCUT2D eigenvalue weighted by Crippen LogP contribution is 2.24. The van der Waals surface area contributed by atoms with Crippen LogP contribution in [0.5, 0.6) is 0 Å². The molecule has 1 rings (SSSR count). The summed E-state index contributed by atoms with van der Waals surface area (Å²) in [5, 5.41) is 10.1. The summed E-state index contributed by atoms with van der Waals surface area (Å²) >= 11 is 0. The highest BCUT2D eigenvalue weighted by molar-refractivity contribution is 5.81. The molecule has 1 aliphatic rings. The summed E-state index contributed by atoms with van der Waals surface area (Å²) in [5.74, 6) is -0.326. The lowest BCUT2D eigenvalue weighted by atomic mass is 9.98. The van der Waals surface area contributed by atoms with E-state index in [-0.39, 0.29) is 12.1 Å². The minimum atomic E-state index is -0.530. The van der Waals surface area contributed by atoms with Crippen molar-refractivity contribution >= 4 is 5.97 Å². The molecule has 0 bridgehead atoms. The first kappa shape index (κ1) is 23.4. The monoisotopic (exact) mass is 372 g/mol. The Morgan fingerprint density at radius 1 is 0.962 bits per heavy atom. The summed E-state index contributed by atoms with van der Waals surface area (Å²) in [6.45, 7) is 3.09. The van der Waals surface area contributed by atoms with E-state index in [1.807, 2.05) is 0 Å². The van der Waals surface area contributed by atoms with E-state index >= 15 is 0 Å². The van der Waals surface area contributed by atoms with Crippen LogP contribution in [0.1, 0.15) is 90.4 Å². The number of aliphatic hydroxyl groups excluding tert-OH is 1. The topological polar surface area (TPSA) is 65.0 Å². The van der Waals surface area contributed by atoms with Crippen LogP contribution in [0.2, 0.25) is 0 Å². The van der Waals surface area contributed by atoms with E-state index in [4.69, 9.17) is 14.2 Å². The number of methoxy groups -OCH3 is 1. The van der Waals surface area contributed by atoms with Crippen LogP contribution >= 0.6 is 0 Å². The van der Waals surface area contributed by atoms with E-state index in [0.717, 1.165) is 12.8 Å². The van der Waals surface area contributed by atoms with Crippen molar-refractivity contribution in [3.63, 3.8) is 0 Å². The Morgan fingerprint density at radius 2 is 1.54 bits per heavy atom. The lowest BCUT2D eigenvalue weighted by Crippen LogP contribution is -2.53. The van der Waals surface area contributed by atoms with Crippen molar-refractivity contribution in [2.45, 2.75) is 109 Å². The molecule has 0 aromatic heterocycles. The van der Waals surface area contributed by atoms with Gasteiger partial charge in [0.25, 0.3) is 0 Å². The van der Waals surface area contributed by atoms with Crippen molar-refractivity contribution in [2.24, 2.45) is 0 Å². The van der Waals surface area contributed by atoms with Gasteiger partial charge in [0.15, 0.2) is 6.10 Å². The number of rotatable bonds is 18. The van der Waals surface area contributed by atoms with Gasteiger partial charge in [0.1, 0.15) is 6.10 Å². The third kappa shape index (κ3) is 10.5. The van der Waals surface area contributed by atoms with Crippen molar-refractivity contribution < 1.29 is 24.1 Å². The van der Waals surface area contributed by atoms with E-state index in [1.165, 1.54) is 64.2 Å². The zero-order valence-corrected chi connectivity index (χ0v) is 16.9. The van der Waals surface area contributed by atoms with Crippen molar-refractivity contribution in [1.29, 1.82) is 0 Å². The molecule has 0 aromatic carbocycles. The maximum atomic E-state index is 11.4. The fourth-order valence-corrected chi connectivity index (χ4v) is 3.39. The van der Waals surface area contributed by atoms with Crippen LogP contribution < -0.4 is 0 Å². The number of unbranched alkanes of at least 4 members (excludes halogenated alkanes) is 10.